The minimum Gasteiger partial charge on any atom is -0.465 e. The van der Waals surface area contributed by atoms with Crippen molar-refractivity contribution in [2.75, 3.05) is 59.1 Å². The summed E-state index contributed by atoms with van der Waals surface area (Å²) in [7, 11) is -0.233. The Morgan fingerprint density at radius 2 is 1.83 bits per heavy atom. The summed E-state index contributed by atoms with van der Waals surface area (Å²) in [4.78, 5) is 37.2. The molecule has 0 radical (unpaired) electrons. The molecule has 1 aliphatic carbocycles. The van der Waals surface area contributed by atoms with Gasteiger partial charge in [-0.2, -0.15) is 13.2 Å². The summed E-state index contributed by atoms with van der Waals surface area (Å²) >= 11 is 0. The number of nitrogens with one attached hydrogen (secondary N) is 3. The molecule has 1 amide bonds. The second-order valence-corrected chi connectivity index (χ2v) is 16.4. The lowest BCUT2D eigenvalue weighted by Gasteiger charge is -2.24. The van der Waals surface area contributed by atoms with Crippen LogP contribution < -0.4 is 15.9 Å². The van der Waals surface area contributed by atoms with E-state index >= 15 is 0 Å². The van der Waals surface area contributed by atoms with E-state index in [1.54, 1.807) is 7.05 Å². The number of likely N-dealkylation sites (N-methyl/N-ethyl adjacent to an activating group) is 1. The predicted octanol–water partition coefficient (Wildman–Crippen LogP) is 5.48. The predicted molar refractivity (Wildman–Crippen MR) is 177 cm³/mol. The third-order valence-electron chi connectivity index (χ3n) is 7.84. The third kappa shape index (κ3) is 9.26. The number of amides is 1. The van der Waals surface area contributed by atoms with Gasteiger partial charge in [0.25, 0.3) is 0 Å². The quantitative estimate of drug-likeness (QED) is 0.126. The number of rotatable bonds is 12. The molecule has 0 bridgehead atoms. The van der Waals surface area contributed by atoms with E-state index in [0.29, 0.717) is 38.1 Å². The van der Waals surface area contributed by atoms with Crippen LogP contribution in [0.1, 0.15) is 56.0 Å². The van der Waals surface area contributed by atoms with Crippen molar-refractivity contribution < 1.29 is 41.5 Å². The normalized spacial score (nSPS) is 17.0. The molecule has 1 fully saturated rings. The molecule has 2 heterocycles. The molecule has 3 N–H and O–H groups in total. The number of hydrogen-bond donors (Lipinski definition) is 3. The summed E-state index contributed by atoms with van der Waals surface area (Å²) in [6.07, 6.45) is -0.711. The van der Waals surface area contributed by atoms with Crippen molar-refractivity contribution in [1.82, 2.24) is 25.2 Å². The lowest BCUT2D eigenvalue weighted by molar-refractivity contribution is -0.137. The number of carbonyl (C=O) groups excluding carboxylic acids is 2. The molecule has 2 atom stereocenters. The van der Waals surface area contributed by atoms with Crippen LogP contribution in [0.15, 0.2) is 24.5 Å². The maximum absolute atomic E-state index is 14.2. The number of ether oxygens (including phenoxy) is 3. The van der Waals surface area contributed by atoms with Crippen molar-refractivity contribution in [3.63, 3.8) is 0 Å². The average molecular weight is 697 g/mol. The van der Waals surface area contributed by atoms with Gasteiger partial charge in [-0.1, -0.05) is 6.07 Å². The van der Waals surface area contributed by atoms with Gasteiger partial charge in [0.2, 0.25) is 5.95 Å². The van der Waals surface area contributed by atoms with E-state index in [1.807, 2.05) is 20.8 Å². The maximum atomic E-state index is 14.2. The van der Waals surface area contributed by atoms with Crippen LogP contribution >= 0.6 is 7.14 Å². The Bertz CT molecular complexity index is 1670. The molecule has 1 aliphatic rings. The van der Waals surface area contributed by atoms with Crippen LogP contribution in [0.4, 0.5) is 23.9 Å². The highest BCUT2D eigenvalue weighted by molar-refractivity contribution is 7.70. The Balaban J connectivity index is 1.41. The van der Waals surface area contributed by atoms with Gasteiger partial charge in [-0.05, 0) is 59.4 Å². The largest absolute Gasteiger partial charge is 0.465 e. The van der Waals surface area contributed by atoms with E-state index in [2.05, 4.69) is 25.6 Å². The van der Waals surface area contributed by atoms with Crippen molar-refractivity contribution in [2.24, 2.45) is 0 Å². The van der Waals surface area contributed by atoms with Crippen molar-refractivity contribution in [2.45, 2.75) is 63.9 Å². The second-order valence-electron chi connectivity index (χ2n) is 13.2. The first-order chi connectivity index (χ1) is 22.4. The van der Waals surface area contributed by atoms with Gasteiger partial charge in [0, 0.05) is 60.9 Å². The van der Waals surface area contributed by atoms with Crippen molar-refractivity contribution in [3.8, 4) is 11.3 Å². The Morgan fingerprint density at radius 3 is 2.48 bits per heavy atom. The van der Waals surface area contributed by atoms with Crippen LogP contribution in [0.2, 0.25) is 0 Å². The van der Waals surface area contributed by atoms with Gasteiger partial charge >= 0.3 is 18.2 Å². The molecular formula is C32H44F3N6O6P. The number of aromatic amines is 1. The highest BCUT2D eigenvalue weighted by Gasteiger charge is 2.37. The fraction of sp³-hybridized carbons (Fsp3) is 0.562. The number of halogens is 3. The van der Waals surface area contributed by atoms with Gasteiger partial charge in [-0.3, -0.25) is 0 Å². The first-order valence-corrected chi connectivity index (χ1v) is 18.2. The van der Waals surface area contributed by atoms with Gasteiger partial charge in [0.1, 0.15) is 18.3 Å². The SMILES string of the molecule is COC(=O)c1ccc2c(-c3nc(N[C@H]4CC[C@H](NCCOCCN(C)C(=O)OC(C)(C)C)C4)ncc3C(F)(F)F)c[nH]c2c1P(C)(C)=O. The molecule has 264 valence electrons. The summed E-state index contributed by atoms with van der Waals surface area (Å²) in [6.45, 7) is 10.2. The first-order valence-electron chi connectivity index (χ1n) is 15.6. The van der Waals surface area contributed by atoms with Crippen molar-refractivity contribution in [3.05, 3.63) is 35.7 Å². The fourth-order valence-corrected chi connectivity index (χ4v) is 7.10. The number of nitrogens with zero attached hydrogens (tertiary/aromatic N) is 3. The van der Waals surface area contributed by atoms with Crippen LogP contribution in [0.5, 0.6) is 0 Å². The minimum absolute atomic E-state index is 0.0542. The van der Waals surface area contributed by atoms with Crippen molar-refractivity contribution >= 4 is 41.4 Å². The van der Waals surface area contributed by atoms with E-state index in [9.17, 15) is 27.3 Å². The zero-order valence-electron chi connectivity index (χ0n) is 28.3. The lowest BCUT2D eigenvalue weighted by atomic mass is 10.0. The number of esters is 1. The molecule has 3 aromatic rings. The summed E-state index contributed by atoms with van der Waals surface area (Å²) in [5.41, 5.74) is -1.43. The number of H-pyrrole nitrogens is 1. The Hall–Kier alpha value is -3.68. The molecule has 0 saturated heterocycles. The number of hydrogen-bond acceptors (Lipinski definition) is 10. The molecular weight excluding hydrogens is 652 g/mol. The minimum atomic E-state index is -4.74. The van der Waals surface area contributed by atoms with E-state index in [1.165, 1.54) is 43.7 Å². The van der Waals surface area contributed by atoms with Gasteiger partial charge in [-0.15, -0.1) is 0 Å². The zero-order chi connectivity index (χ0) is 35.4. The highest BCUT2D eigenvalue weighted by Crippen LogP contribution is 2.43. The number of alkyl halides is 3. The Kier molecular flexibility index (Phi) is 11.5. The van der Waals surface area contributed by atoms with E-state index in [0.717, 1.165) is 19.0 Å². The van der Waals surface area contributed by atoms with Crippen molar-refractivity contribution in [1.29, 1.82) is 0 Å². The van der Waals surface area contributed by atoms with Crippen LogP contribution in [-0.2, 0) is 25.0 Å². The molecule has 0 aliphatic heterocycles. The average Bonchev–Trinajstić information content (AvgIpc) is 3.62. The number of fused-ring (bicyclic) bond motifs is 1. The molecule has 1 aromatic carbocycles. The number of methoxy groups -OCH3 is 1. The smallest absolute Gasteiger partial charge is 0.419 e. The molecule has 0 spiro atoms. The lowest BCUT2D eigenvalue weighted by Crippen LogP contribution is -2.36. The molecule has 2 aromatic heterocycles. The summed E-state index contributed by atoms with van der Waals surface area (Å²) in [6, 6.07) is 3.00. The first kappa shape index (κ1) is 37.1. The third-order valence-corrected chi connectivity index (χ3v) is 9.39. The summed E-state index contributed by atoms with van der Waals surface area (Å²) in [5, 5.41) is 7.16. The van der Waals surface area contributed by atoms with Crippen LogP contribution in [0, 0.1) is 0 Å². The highest BCUT2D eigenvalue weighted by atomic mass is 31.2. The van der Waals surface area contributed by atoms with E-state index < -0.39 is 36.5 Å². The van der Waals surface area contributed by atoms with Gasteiger partial charge in [0.15, 0.2) is 0 Å². The number of carbonyl (C=O) groups is 2. The van der Waals surface area contributed by atoms with Gasteiger partial charge in [0.05, 0.1) is 37.1 Å². The van der Waals surface area contributed by atoms with Crippen LogP contribution in [0.25, 0.3) is 22.2 Å². The van der Waals surface area contributed by atoms with Crippen LogP contribution in [0.3, 0.4) is 0 Å². The van der Waals surface area contributed by atoms with E-state index in [-0.39, 0.29) is 45.7 Å². The van der Waals surface area contributed by atoms with Crippen LogP contribution in [-0.4, -0.2) is 103 Å². The molecule has 0 unspecified atom stereocenters. The van der Waals surface area contributed by atoms with Gasteiger partial charge < -0.3 is 39.3 Å². The molecule has 1 saturated carbocycles. The molecule has 4 rings (SSSR count). The van der Waals surface area contributed by atoms with Gasteiger partial charge in [-0.25, -0.2) is 19.6 Å². The standard InChI is InChI=1S/C32H44F3N6O6P/c1-31(2,3)47-30(43)41(4)13-15-46-14-12-36-19-8-9-20(16-19)39-29-38-18-24(32(33,34)35)25(40-29)23-17-37-26-21(23)10-11-22(28(42)45-5)27(26)48(6,7)44/h10-11,17-20,36-37H,8-9,12-16H2,1-7H3,(H,38,39,40)/t19-,20-/m0/s1. The van der Waals surface area contributed by atoms with E-state index in [4.69, 9.17) is 14.2 Å². The molecule has 12 nitrogen and oxygen atoms in total. The number of benzene rings is 1. The fourth-order valence-electron chi connectivity index (χ4n) is 5.63. The summed E-state index contributed by atoms with van der Waals surface area (Å²) < 4.78 is 71.6. The zero-order valence-corrected chi connectivity index (χ0v) is 29.2. The topological polar surface area (TPSA) is 148 Å². The monoisotopic (exact) mass is 696 g/mol. The summed E-state index contributed by atoms with van der Waals surface area (Å²) in [5.74, 6) is -0.644. The Morgan fingerprint density at radius 1 is 1.12 bits per heavy atom. The molecule has 16 heteroatoms. The second kappa shape index (κ2) is 14.8. The molecule has 48 heavy (non-hydrogen) atoms. The number of aromatic nitrogens is 3. The Labute approximate surface area is 277 Å². The maximum Gasteiger partial charge on any atom is 0.419 e. The number of anilines is 1.